The van der Waals surface area contributed by atoms with Gasteiger partial charge in [-0.15, -0.1) is 0 Å². The number of amides is 1. The number of benzene rings is 1. The fourth-order valence-corrected chi connectivity index (χ4v) is 2.42. The molecule has 1 aliphatic carbocycles. The van der Waals surface area contributed by atoms with Crippen molar-refractivity contribution in [3.8, 4) is 22.6 Å². The summed E-state index contributed by atoms with van der Waals surface area (Å²) in [5, 5.41) is 6.61. The lowest BCUT2D eigenvalue weighted by atomic mass is 9.85. The van der Waals surface area contributed by atoms with Crippen molar-refractivity contribution in [2.45, 2.75) is 19.3 Å². The number of carbonyl (C=O) groups excluding carboxylic acids is 1. The van der Waals surface area contributed by atoms with Gasteiger partial charge in [0, 0.05) is 5.92 Å². The van der Waals surface area contributed by atoms with Crippen LogP contribution in [0.5, 0.6) is 11.5 Å². The van der Waals surface area contributed by atoms with E-state index in [4.69, 9.17) is 14.0 Å². The van der Waals surface area contributed by atoms with Gasteiger partial charge in [-0.2, -0.15) is 0 Å². The Bertz CT molecular complexity index is 677. The van der Waals surface area contributed by atoms with Gasteiger partial charge in [0.15, 0.2) is 11.5 Å². The van der Waals surface area contributed by atoms with Crippen LogP contribution in [0.1, 0.15) is 19.3 Å². The van der Waals surface area contributed by atoms with Crippen LogP contribution in [0.4, 0.5) is 5.88 Å². The average Bonchev–Trinajstić information content (AvgIpc) is 2.92. The molecule has 0 spiro atoms. The Morgan fingerprint density at radius 1 is 1.27 bits per heavy atom. The summed E-state index contributed by atoms with van der Waals surface area (Å²) in [4.78, 5) is 12.1. The lowest BCUT2D eigenvalue weighted by molar-refractivity contribution is -0.122. The van der Waals surface area contributed by atoms with Crippen molar-refractivity contribution in [3.63, 3.8) is 0 Å². The molecule has 1 amide bonds. The van der Waals surface area contributed by atoms with E-state index >= 15 is 0 Å². The number of methoxy groups -OCH3 is 2. The van der Waals surface area contributed by atoms with Crippen LogP contribution in [0, 0.1) is 5.92 Å². The number of carbonyl (C=O) groups is 1. The highest BCUT2D eigenvalue weighted by atomic mass is 16.5. The largest absolute Gasteiger partial charge is 0.493 e. The normalized spacial score (nSPS) is 14.3. The SMILES string of the molecule is COc1ccc(-c2cnoc2NC(=O)C2CCC2)cc1OC. The molecule has 1 aromatic heterocycles. The van der Waals surface area contributed by atoms with Crippen LogP contribution in [-0.2, 0) is 4.79 Å². The average molecular weight is 302 g/mol. The number of nitrogens with zero attached hydrogens (tertiary/aromatic N) is 1. The molecule has 1 fully saturated rings. The molecule has 1 saturated carbocycles. The van der Waals surface area contributed by atoms with E-state index in [0.29, 0.717) is 22.9 Å². The first kappa shape index (κ1) is 14.4. The summed E-state index contributed by atoms with van der Waals surface area (Å²) in [6.07, 6.45) is 4.56. The van der Waals surface area contributed by atoms with E-state index in [1.54, 1.807) is 26.5 Å². The lowest BCUT2D eigenvalue weighted by Crippen LogP contribution is -2.28. The molecular formula is C16H18N2O4. The second-order valence-corrected chi connectivity index (χ2v) is 5.26. The van der Waals surface area contributed by atoms with Crippen molar-refractivity contribution >= 4 is 11.8 Å². The van der Waals surface area contributed by atoms with E-state index in [1.165, 1.54) is 0 Å². The zero-order valence-electron chi connectivity index (χ0n) is 12.6. The third-order valence-corrected chi connectivity index (χ3v) is 3.98. The number of ether oxygens (including phenoxy) is 2. The lowest BCUT2D eigenvalue weighted by Gasteiger charge is -2.23. The molecule has 3 rings (SSSR count). The van der Waals surface area contributed by atoms with Gasteiger partial charge in [0.05, 0.1) is 26.0 Å². The Morgan fingerprint density at radius 3 is 2.68 bits per heavy atom. The number of anilines is 1. The van der Waals surface area contributed by atoms with Gasteiger partial charge in [0.1, 0.15) is 0 Å². The number of rotatable bonds is 5. The third-order valence-electron chi connectivity index (χ3n) is 3.98. The van der Waals surface area contributed by atoms with Crippen LogP contribution < -0.4 is 14.8 Å². The van der Waals surface area contributed by atoms with Crippen LogP contribution in [0.25, 0.3) is 11.1 Å². The van der Waals surface area contributed by atoms with Crippen LogP contribution in [0.2, 0.25) is 0 Å². The first-order valence-corrected chi connectivity index (χ1v) is 7.21. The van der Waals surface area contributed by atoms with E-state index < -0.39 is 0 Å². The van der Waals surface area contributed by atoms with Crippen LogP contribution in [-0.4, -0.2) is 25.3 Å². The van der Waals surface area contributed by atoms with Crippen molar-refractivity contribution in [1.82, 2.24) is 5.16 Å². The molecule has 1 aromatic carbocycles. The summed E-state index contributed by atoms with van der Waals surface area (Å²) in [6.45, 7) is 0. The van der Waals surface area contributed by atoms with Gasteiger partial charge in [-0.25, -0.2) is 0 Å². The number of hydrogen-bond acceptors (Lipinski definition) is 5. The summed E-state index contributed by atoms with van der Waals surface area (Å²) in [6, 6.07) is 5.50. The van der Waals surface area contributed by atoms with Crippen molar-refractivity contribution in [2.75, 3.05) is 19.5 Å². The molecule has 22 heavy (non-hydrogen) atoms. The minimum Gasteiger partial charge on any atom is -0.493 e. The number of nitrogens with one attached hydrogen (secondary N) is 1. The van der Waals surface area contributed by atoms with Crippen molar-refractivity contribution < 1.29 is 18.8 Å². The first-order chi connectivity index (χ1) is 10.7. The summed E-state index contributed by atoms with van der Waals surface area (Å²) in [5.41, 5.74) is 1.55. The fourth-order valence-electron chi connectivity index (χ4n) is 2.42. The van der Waals surface area contributed by atoms with Gasteiger partial charge in [-0.1, -0.05) is 17.6 Å². The Balaban J connectivity index is 1.86. The molecular weight excluding hydrogens is 284 g/mol. The predicted octanol–water partition coefficient (Wildman–Crippen LogP) is 3.10. The molecule has 1 N–H and O–H groups in total. The Hall–Kier alpha value is -2.50. The number of aromatic nitrogens is 1. The van der Waals surface area contributed by atoms with Gasteiger partial charge in [-0.3, -0.25) is 10.1 Å². The van der Waals surface area contributed by atoms with Crippen LogP contribution >= 0.6 is 0 Å². The molecule has 0 bridgehead atoms. The Labute approximate surface area is 128 Å². The topological polar surface area (TPSA) is 73.6 Å². The smallest absolute Gasteiger partial charge is 0.239 e. The quantitative estimate of drug-likeness (QED) is 0.918. The van der Waals surface area contributed by atoms with E-state index in [1.807, 2.05) is 12.1 Å². The standard InChI is InChI=1S/C16H18N2O4/c1-20-13-7-6-11(8-14(13)21-2)12-9-17-22-16(12)18-15(19)10-4-3-5-10/h6-10H,3-5H2,1-2H3,(H,18,19). The highest BCUT2D eigenvalue weighted by Crippen LogP contribution is 2.36. The highest BCUT2D eigenvalue weighted by molar-refractivity contribution is 5.95. The predicted molar refractivity (Wildman–Crippen MR) is 81.0 cm³/mol. The second kappa shape index (κ2) is 6.09. The summed E-state index contributed by atoms with van der Waals surface area (Å²) in [7, 11) is 3.16. The van der Waals surface area contributed by atoms with Gasteiger partial charge in [0.2, 0.25) is 11.8 Å². The summed E-state index contributed by atoms with van der Waals surface area (Å²) < 4.78 is 15.7. The molecule has 2 aromatic rings. The molecule has 1 heterocycles. The summed E-state index contributed by atoms with van der Waals surface area (Å²) >= 11 is 0. The second-order valence-electron chi connectivity index (χ2n) is 5.26. The van der Waals surface area contributed by atoms with E-state index in [9.17, 15) is 4.79 Å². The van der Waals surface area contributed by atoms with Gasteiger partial charge < -0.3 is 14.0 Å². The van der Waals surface area contributed by atoms with E-state index in [0.717, 1.165) is 24.8 Å². The summed E-state index contributed by atoms with van der Waals surface area (Å²) in [5.74, 6) is 1.69. The van der Waals surface area contributed by atoms with Crippen LogP contribution in [0.3, 0.4) is 0 Å². The molecule has 0 radical (unpaired) electrons. The minimum atomic E-state index is -0.00951. The van der Waals surface area contributed by atoms with Gasteiger partial charge >= 0.3 is 0 Å². The monoisotopic (exact) mass is 302 g/mol. The molecule has 0 unspecified atom stereocenters. The fraction of sp³-hybridized carbons (Fsp3) is 0.375. The maximum atomic E-state index is 12.1. The zero-order chi connectivity index (χ0) is 15.5. The van der Waals surface area contributed by atoms with E-state index in [-0.39, 0.29) is 11.8 Å². The van der Waals surface area contributed by atoms with Crippen molar-refractivity contribution in [1.29, 1.82) is 0 Å². The maximum Gasteiger partial charge on any atom is 0.239 e. The van der Waals surface area contributed by atoms with E-state index in [2.05, 4.69) is 10.5 Å². The molecule has 116 valence electrons. The van der Waals surface area contributed by atoms with Gasteiger partial charge in [-0.05, 0) is 30.5 Å². The molecule has 1 aliphatic rings. The maximum absolute atomic E-state index is 12.1. The molecule has 0 saturated heterocycles. The molecule has 6 nitrogen and oxygen atoms in total. The molecule has 6 heteroatoms. The van der Waals surface area contributed by atoms with Gasteiger partial charge in [0.25, 0.3) is 0 Å². The zero-order valence-corrected chi connectivity index (χ0v) is 12.6. The van der Waals surface area contributed by atoms with Crippen molar-refractivity contribution in [2.24, 2.45) is 5.92 Å². The highest BCUT2D eigenvalue weighted by Gasteiger charge is 2.27. The molecule has 0 aliphatic heterocycles. The van der Waals surface area contributed by atoms with Crippen molar-refractivity contribution in [3.05, 3.63) is 24.4 Å². The first-order valence-electron chi connectivity index (χ1n) is 7.21. The third kappa shape index (κ3) is 2.64. The number of hydrogen-bond donors (Lipinski definition) is 1. The minimum absolute atomic E-state index is 0.00951. The Kier molecular flexibility index (Phi) is 4.00. The van der Waals surface area contributed by atoms with Crippen LogP contribution in [0.15, 0.2) is 28.9 Å². The Morgan fingerprint density at radius 2 is 2.05 bits per heavy atom. The molecule has 0 atom stereocenters.